The van der Waals surface area contributed by atoms with Gasteiger partial charge < -0.3 is 9.52 Å². The molecule has 0 spiro atoms. The van der Waals surface area contributed by atoms with E-state index >= 15 is 0 Å². The number of nitrogens with zero attached hydrogens (tertiary/aromatic N) is 1. The van der Waals surface area contributed by atoms with Gasteiger partial charge in [0, 0.05) is 22.6 Å². The quantitative estimate of drug-likeness (QED) is 0.375. The molecule has 1 heterocycles. The molecular formula is C28H23NO3. The molecule has 0 amide bonds. The van der Waals surface area contributed by atoms with Crippen molar-refractivity contribution < 1.29 is 14.3 Å². The normalized spacial score (nSPS) is 15.9. The van der Waals surface area contributed by atoms with E-state index in [0.29, 0.717) is 11.5 Å². The molecule has 0 saturated heterocycles. The minimum Gasteiger partial charge on any atom is -0.478 e. The van der Waals surface area contributed by atoms with E-state index in [1.54, 1.807) is 12.1 Å². The van der Waals surface area contributed by atoms with Crippen molar-refractivity contribution in [3.8, 4) is 22.6 Å². The third-order valence-electron chi connectivity index (χ3n) is 5.91. The maximum absolute atomic E-state index is 11.4. The topological polar surface area (TPSA) is 63.3 Å². The van der Waals surface area contributed by atoms with Gasteiger partial charge in [-0.25, -0.2) is 9.78 Å². The van der Waals surface area contributed by atoms with Gasteiger partial charge in [-0.1, -0.05) is 78.9 Å². The Morgan fingerprint density at radius 1 is 0.906 bits per heavy atom. The molecule has 1 aromatic heterocycles. The maximum Gasteiger partial charge on any atom is 0.335 e. The summed E-state index contributed by atoms with van der Waals surface area (Å²) in [6, 6.07) is 27.4. The van der Waals surface area contributed by atoms with Gasteiger partial charge in [-0.3, -0.25) is 0 Å². The van der Waals surface area contributed by atoms with Gasteiger partial charge in [-0.05, 0) is 37.0 Å². The highest BCUT2D eigenvalue weighted by molar-refractivity contribution is 5.87. The molecule has 0 fully saturated rings. The van der Waals surface area contributed by atoms with E-state index in [0.717, 1.165) is 53.0 Å². The lowest BCUT2D eigenvalue weighted by Crippen LogP contribution is -2.05. The first kappa shape index (κ1) is 20.0. The molecule has 1 aliphatic carbocycles. The van der Waals surface area contributed by atoms with Crippen LogP contribution in [-0.4, -0.2) is 16.1 Å². The van der Waals surface area contributed by atoms with Crippen LogP contribution in [0.5, 0.6) is 0 Å². The monoisotopic (exact) mass is 421 g/mol. The molecule has 1 unspecified atom stereocenters. The van der Waals surface area contributed by atoms with Gasteiger partial charge in [0.05, 0.1) is 5.56 Å². The Morgan fingerprint density at radius 2 is 1.62 bits per heavy atom. The Labute approximate surface area is 186 Å². The molecule has 0 saturated carbocycles. The van der Waals surface area contributed by atoms with Gasteiger partial charge in [-0.2, -0.15) is 0 Å². The zero-order valence-corrected chi connectivity index (χ0v) is 17.6. The number of aromatic nitrogens is 1. The maximum atomic E-state index is 11.4. The summed E-state index contributed by atoms with van der Waals surface area (Å²) in [7, 11) is 0. The van der Waals surface area contributed by atoms with Gasteiger partial charge in [0.2, 0.25) is 5.89 Å². The lowest BCUT2D eigenvalue weighted by Gasteiger charge is -2.20. The summed E-state index contributed by atoms with van der Waals surface area (Å²) >= 11 is 0. The number of carbonyl (C=O) groups is 1. The summed E-state index contributed by atoms with van der Waals surface area (Å²) in [5.74, 6) is 0.648. The Balaban J connectivity index is 1.56. The number of carboxylic acid groups (broad SMARTS) is 1. The first-order valence-electron chi connectivity index (χ1n) is 10.8. The van der Waals surface area contributed by atoms with Crippen LogP contribution in [0.15, 0.2) is 95.4 Å². The largest absolute Gasteiger partial charge is 0.478 e. The van der Waals surface area contributed by atoms with Gasteiger partial charge in [0.15, 0.2) is 5.76 Å². The molecule has 4 heteroatoms. The smallest absolute Gasteiger partial charge is 0.335 e. The van der Waals surface area contributed by atoms with Crippen LogP contribution < -0.4 is 0 Å². The molecule has 5 rings (SSSR count). The second kappa shape index (κ2) is 8.67. The summed E-state index contributed by atoms with van der Waals surface area (Å²) in [4.78, 5) is 16.3. The summed E-state index contributed by atoms with van der Waals surface area (Å²) in [5.41, 5.74) is 5.25. The minimum absolute atomic E-state index is 0.144. The number of aromatic carboxylic acids is 1. The molecule has 0 aliphatic heterocycles. The summed E-state index contributed by atoms with van der Waals surface area (Å²) in [5, 5.41) is 9.35. The Kier molecular flexibility index (Phi) is 5.42. The van der Waals surface area contributed by atoms with Gasteiger partial charge in [0.25, 0.3) is 0 Å². The van der Waals surface area contributed by atoms with E-state index in [4.69, 9.17) is 9.40 Å². The third-order valence-corrected chi connectivity index (χ3v) is 5.91. The van der Waals surface area contributed by atoms with E-state index in [2.05, 4.69) is 6.08 Å². The Hall–Kier alpha value is -3.92. The highest BCUT2D eigenvalue weighted by Crippen LogP contribution is 2.39. The lowest BCUT2D eigenvalue weighted by molar-refractivity contribution is 0.0696. The molecule has 3 aromatic carbocycles. The average Bonchev–Trinajstić information content (AvgIpc) is 3.31. The number of allylic oxidation sites excluding steroid dienone is 2. The molecule has 4 nitrogen and oxygen atoms in total. The van der Waals surface area contributed by atoms with Crippen molar-refractivity contribution >= 4 is 11.5 Å². The number of oxazole rings is 1. The van der Waals surface area contributed by atoms with Gasteiger partial charge >= 0.3 is 5.97 Å². The number of hydrogen-bond donors (Lipinski definition) is 1. The van der Waals surface area contributed by atoms with Crippen molar-refractivity contribution in [3.05, 3.63) is 108 Å². The molecular weight excluding hydrogens is 398 g/mol. The van der Waals surface area contributed by atoms with E-state index in [1.807, 2.05) is 72.8 Å². The van der Waals surface area contributed by atoms with Crippen molar-refractivity contribution in [2.45, 2.75) is 25.2 Å². The van der Waals surface area contributed by atoms with Crippen molar-refractivity contribution in [1.82, 2.24) is 4.98 Å². The molecule has 32 heavy (non-hydrogen) atoms. The van der Waals surface area contributed by atoms with E-state index < -0.39 is 5.97 Å². The first-order valence-corrected chi connectivity index (χ1v) is 10.8. The predicted molar refractivity (Wildman–Crippen MR) is 125 cm³/mol. The second-order valence-corrected chi connectivity index (χ2v) is 8.05. The molecule has 0 radical (unpaired) electrons. The summed E-state index contributed by atoms with van der Waals surface area (Å²) in [6.45, 7) is 0. The number of benzene rings is 3. The number of hydrogen-bond acceptors (Lipinski definition) is 3. The third kappa shape index (κ3) is 4.00. The van der Waals surface area contributed by atoms with Crippen molar-refractivity contribution in [2.24, 2.45) is 0 Å². The lowest BCUT2D eigenvalue weighted by atomic mass is 9.85. The van der Waals surface area contributed by atoms with Crippen LogP contribution in [0.3, 0.4) is 0 Å². The summed E-state index contributed by atoms with van der Waals surface area (Å²) < 4.78 is 6.37. The van der Waals surface area contributed by atoms with Gasteiger partial charge in [0.1, 0.15) is 5.69 Å². The predicted octanol–water partition coefficient (Wildman–Crippen LogP) is 7.06. The van der Waals surface area contributed by atoms with Gasteiger partial charge in [-0.15, -0.1) is 0 Å². The minimum atomic E-state index is -0.903. The molecule has 1 aliphatic rings. The zero-order valence-electron chi connectivity index (χ0n) is 17.6. The second-order valence-electron chi connectivity index (χ2n) is 8.05. The molecule has 1 atom stereocenters. The fourth-order valence-electron chi connectivity index (χ4n) is 4.30. The highest BCUT2D eigenvalue weighted by atomic mass is 16.4. The van der Waals surface area contributed by atoms with Crippen molar-refractivity contribution in [3.63, 3.8) is 0 Å². The SMILES string of the molecule is O=C(O)c1cccc(C2C=C(c3nc(-c4ccccc4)c(-c4ccccc4)o3)CCC2)c1. The van der Waals surface area contributed by atoms with E-state index in [-0.39, 0.29) is 5.92 Å². The van der Waals surface area contributed by atoms with E-state index in [9.17, 15) is 9.90 Å². The van der Waals surface area contributed by atoms with Crippen LogP contribution >= 0.6 is 0 Å². The first-order chi connectivity index (χ1) is 15.7. The fourth-order valence-corrected chi connectivity index (χ4v) is 4.30. The van der Waals surface area contributed by atoms with Crippen LogP contribution in [-0.2, 0) is 0 Å². The van der Waals surface area contributed by atoms with Crippen LogP contribution in [0.4, 0.5) is 0 Å². The molecule has 1 N–H and O–H groups in total. The Morgan fingerprint density at radius 3 is 2.34 bits per heavy atom. The fraction of sp³-hybridized carbons (Fsp3) is 0.143. The van der Waals surface area contributed by atoms with Crippen LogP contribution in [0.25, 0.3) is 28.2 Å². The van der Waals surface area contributed by atoms with E-state index in [1.165, 1.54) is 0 Å². The summed E-state index contributed by atoms with van der Waals surface area (Å²) in [6.07, 6.45) is 5.06. The zero-order chi connectivity index (χ0) is 21.9. The standard InChI is InChI=1S/C28H23NO3/c30-28(31)24-16-8-14-22(18-24)21-13-7-15-23(17-21)27-29-25(19-9-3-1-4-10-19)26(32-27)20-11-5-2-6-12-20/h1-6,8-12,14,16-18,21H,7,13,15H2,(H,30,31). The number of rotatable bonds is 5. The molecule has 158 valence electrons. The highest BCUT2D eigenvalue weighted by Gasteiger charge is 2.23. The van der Waals surface area contributed by atoms with Crippen LogP contribution in [0.2, 0.25) is 0 Å². The van der Waals surface area contributed by atoms with Crippen LogP contribution in [0.1, 0.15) is 47.0 Å². The Bertz CT molecular complexity index is 1220. The number of carboxylic acids is 1. The molecule has 4 aromatic rings. The van der Waals surface area contributed by atoms with Crippen molar-refractivity contribution in [2.75, 3.05) is 0 Å². The molecule has 0 bridgehead atoms. The van der Waals surface area contributed by atoms with Crippen LogP contribution in [0, 0.1) is 0 Å². The average molecular weight is 421 g/mol. The van der Waals surface area contributed by atoms with Crippen molar-refractivity contribution in [1.29, 1.82) is 0 Å².